The Balaban J connectivity index is 1.98. The number of benzene rings is 1. The molecule has 7 heteroatoms. The first-order valence-electron chi connectivity index (χ1n) is 8.74. The molecule has 2 heterocycles. The summed E-state index contributed by atoms with van der Waals surface area (Å²) in [5.41, 5.74) is 1.57. The van der Waals surface area contributed by atoms with E-state index in [1.54, 1.807) is 13.2 Å². The van der Waals surface area contributed by atoms with E-state index >= 15 is 0 Å². The third-order valence-electron chi connectivity index (χ3n) is 4.52. The molecule has 0 spiro atoms. The van der Waals surface area contributed by atoms with Crippen molar-refractivity contribution >= 4 is 10.2 Å². The third kappa shape index (κ3) is 3.96. The molecule has 1 aromatic heterocycles. The number of morpholine rings is 1. The van der Waals surface area contributed by atoms with E-state index < -0.39 is 16.3 Å². The maximum atomic E-state index is 13.3. The van der Waals surface area contributed by atoms with Crippen LogP contribution in [0.25, 0.3) is 0 Å². The lowest BCUT2D eigenvalue weighted by Crippen LogP contribution is -2.52. The zero-order valence-electron chi connectivity index (χ0n) is 15.3. The van der Waals surface area contributed by atoms with Gasteiger partial charge in [0.05, 0.1) is 23.9 Å². The second kappa shape index (κ2) is 7.84. The minimum atomic E-state index is -3.68. The molecule has 0 saturated carbocycles. The van der Waals surface area contributed by atoms with Gasteiger partial charge in [-0.2, -0.15) is 17.0 Å². The fourth-order valence-corrected chi connectivity index (χ4v) is 5.03. The van der Waals surface area contributed by atoms with E-state index in [-0.39, 0.29) is 12.2 Å². The Morgan fingerprint density at radius 1 is 1.08 bits per heavy atom. The van der Waals surface area contributed by atoms with Gasteiger partial charge >= 0.3 is 0 Å². The molecule has 26 heavy (non-hydrogen) atoms. The van der Waals surface area contributed by atoms with Crippen LogP contribution in [-0.4, -0.2) is 54.4 Å². The lowest BCUT2D eigenvalue weighted by molar-refractivity contribution is -0.0454. The topological polar surface area (TPSA) is 62.7 Å². The molecule has 6 nitrogen and oxygen atoms in total. The van der Waals surface area contributed by atoms with Crippen molar-refractivity contribution in [3.8, 4) is 0 Å². The SMILES string of the molecule is C[C@@H]1CN(S(=O)(=O)N(C)[C@H](c2ccccc2)c2ccccn2)C[C@H](C)O1. The molecule has 3 rings (SSSR count). The van der Waals surface area contributed by atoms with Crippen LogP contribution in [0.2, 0.25) is 0 Å². The van der Waals surface area contributed by atoms with Crippen LogP contribution in [0.4, 0.5) is 0 Å². The molecular weight excluding hydrogens is 350 g/mol. The summed E-state index contributed by atoms with van der Waals surface area (Å²) in [6, 6.07) is 14.6. The lowest BCUT2D eigenvalue weighted by atomic mass is 10.0. The van der Waals surface area contributed by atoms with E-state index in [9.17, 15) is 8.42 Å². The lowest BCUT2D eigenvalue weighted by Gasteiger charge is -2.38. The molecule has 0 aliphatic carbocycles. The highest BCUT2D eigenvalue weighted by atomic mass is 32.2. The van der Waals surface area contributed by atoms with Gasteiger partial charge in [0, 0.05) is 26.3 Å². The first-order valence-corrected chi connectivity index (χ1v) is 10.1. The second-order valence-electron chi connectivity index (χ2n) is 6.67. The van der Waals surface area contributed by atoms with Crippen molar-refractivity contribution in [1.29, 1.82) is 0 Å². The van der Waals surface area contributed by atoms with Crippen LogP contribution in [0.15, 0.2) is 54.7 Å². The molecule has 140 valence electrons. The Hall–Kier alpha value is -1.80. The monoisotopic (exact) mass is 375 g/mol. The molecule has 2 aromatic rings. The van der Waals surface area contributed by atoms with Crippen molar-refractivity contribution in [3.63, 3.8) is 0 Å². The number of hydrogen-bond acceptors (Lipinski definition) is 4. The first-order chi connectivity index (χ1) is 12.4. The second-order valence-corrected chi connectivity index (χ2v) is 8.65. The van der Waals surface area contributed by atoms with E-state index in [4.69, 9.17) is 4.74 Å². The van der Waals surface area contributed by atoms with E-state index in [1.165, 1.54) is 8.61 Å². The number of pyridine rings is 1. The summed E-state index contributed by atoms with van der Waals surface area (Å²) in [5, 5.41) is 0. The van der Waals surface area contributed by atoms with Gasteiger partial charge in [-0.1, -0.05) is 36.4 Å². The van der Waals surface area contributed by atoms with Crippen LogP contribution < -0.4 is 0 Å². The van der Waals surface area contributed by atoms with Crippen LogP contribution in [-0.2, 0) is 14.9 Å². The normalized spacial score (nSPS) is 23.1. The van der Waals surface area contributed by atoms with Crippen LogP contribution in [0.3, 0.4) is 0 Å². The van der Waals surface area contributed by atoms with Crippen LogP contribution >= 0.6 is 0 Å². The number of ether oxygens (including phenoxy) is 1. The average molecular weight is 375 g/mol. The fraction of sp³-hybridized carbons (Fsp3) is 0.421. The zero-order valence-corrected chi connectivity index (χ0v) is 16.1. The molecule has 0 radical (unpaired) electrons. The van der Waals surface area contributed by atoms with Crippen molar-refractivity contribution in [2.24, 2.45) is 0 Å². The highest BCUT2D eigenvalue weighted by Gasteiger charge is 2.38. The summed E-state index contributed by atoms with van der Waals surface area (Å²) in [7, 11) is -2.06. The predicted octanol–water partition coefficient (Wildman–Crippen LogP) is 2.46. The van der Waals surface area contributed by atoms with Crippen molar-refractivity contribution in [2.75, 3.05) is 20.1 Å². The van der Waals surface area contributed by atoms with E-state index in [1.807, 2.05) is 62.4 Å². The summed E-state index contributed by atoms with van der Waals surface area (Å²) in [5.74, 6) is 0. The Morgan fingerprint density at radius 3 is 2.27 bits per heavy atom. The molecular formula is C19H25N3O3S. The van der Waals surface area contributed by atoms with Crippen molar-refractivity contribution < 1.29 is 13.2 Å². The summed E-state index contributed by atoms with van der Waals surface area (Å²) < 4.78 is 35.3. The Bertz CT molecular complexity index is 765. The van der Waals surface area contributed by atoms with Gasteiger partial charge in [-0.25, -0.2) is 0 Å². The molecule has 0 N–H and O–H groups in total. The fourth-order valence-electron chi connectivity index (χ4n) is 3.37. The van der Waals surface area contributed by atoms with E-state index in [0.717, 1.165) is 5.56 Å². The van der Waals surface area contributed by atoms with Crippen LogP contribution in [0.5, 0.6) is 0 Å². The minimum Gasteiger partial charge on any atom is -0.373 e. The van der Waals surface area contributed by atoms with Gasteiger partial charge in [0.25, 0.3) is 10.2 Å². The summed E-state index contributed by atoms with van der Waals surface area (Å²) in [4.78, 5) is 4.42. The highest BCUT2D eigenvalue weighted by molar-refractivity contribution is 7.86. The average Bonchev–Trinajstić information content (AvgIpc) is 2.63. The quantitative estimate of drug-likeness (QED) is 0.805. The summed E-state index contributed by atoms with van der Waals surface area (Å²) in [6.45, 7) is 4.48. The van der Waals surface area contributed by atoms with E-state index in [2.05, 4.69) is 4.98 Å². The highest BCUT2D eigenvalue weighted by Crippen LogP contribution is 2.30. The van der Waals surface area contributed by atoms with Crippen molar-refractivity contribution in [1.82, 2.24) is 13.6 Å². The van der Waals surface area contributed by atoms with Crippen LogP contribution in [0, 0.1) is 0 Å². The maximum Gasteiger partial charge on any atom is 0.282 e. The molecule has 1 fully saturated rings. The third-order valence-corrected chi connectivity index (χ3v) is 6.41. The molecule has 0 bridgehead atoms. The van der Waals surface area contributed by atoms with Crippen molar-refractivity contribution in [3.05, 3.63) is 66.0 Å². The van der Waals surface area contributed by atoms with Gasteiger partial charge in [0.2, 0.25) is 0 Å². The van der Waals surface area contributed by atoms with Gasteiger partial charge in [-0.3, -0.25) is 4.98 Å². The molecule has 1 saturated heterocycles. The predicted molar refractivity (Wildman–Crippen MR) is 101 cm³/mol. The number of rotatable bonds is 5. The molecule has 1 aromatic carbocycles. The van der Waals surface area contributed by atoms with Gasteiger partial charge in [0.15, 0.2) is 0 Å². The van der Waals surface area contributed by atoms with E-state index in [0.29, 0.717) is 18.8 Å². The van der Waals surface area contributed by atoms with Crippen molar-refractivity contribution in [2.45, 2.75) is 32.1 Å². The molecule has 3 atom stereocenters. The first kappa shape index (κ1) is 19.0. The van der Waals surface area contributed by atoms with Gasteiger partial charge in [-0.05, 0) is 31.5 Å². The molecule has 0 amide bonds. The smallest absolute Gasteiger partial charge is 0.282 e. The Morgan fingerprint density at radius 2 is 1.69 bits per heavy atom. The molecule has 1 aliphatic rings. The number of aromatic nitrogens is 1. The van der Waals surface area contributed by atoms with Crippen LogP contribution in [0.1, 0.15) is 31.1 Å². The largest absolute Gasteiger partial charge is 0.373 e. The standard InChI is InChI=1S/C19H25N3O3S/c1-15-13-22(14-16(2)25-15)26(23,24)21(3)19(17-9-5-4-6-10-17)18-11-7-8-12-20-18/h4-12,15-16,19H,13-14H2,1-3H3/t15-,16+,19-/m1/s1. The summed E-state index contributed by atoms with van der Waals surface area (Å²) in [6.07, 6.45) is 1.42. The molecule has 0 unspecified atom stereocenters. The number of nitrogens with zero attached hydrogens (tertiary/aromatic N) is 3. The Kier molecular flexibility index (Phi) is 5.72. The minimum absolute atomic E-state index is 0.132. The zero-order chi connectivity index (χ0) is 18.7. The maximum absolute atomic E-state index is 13.3. The van der Waals surface area contributed by atoms with Gasteiger partial charge in [0.1, 0.15) is 0 Å². The van der Waals surface area contributed by atoms with Gasteiger partial charge < -0.3 is 4.74 Å². The molecule has 1 aliphatic heterocycles. The van der Waals surface area contributed by atoms with Gasteiger partial charge in [-0.15, -0.1) is 0 Å². The number of hydrogen-bond donors (Lipinski definition) is 0. The Labute approximate surface area is 155 Å². The summed E-state index contributed by atoms with van der Waals surface area (Å²) >= 11 is 0.